The van der Waals surface area contributed by atoms with Crippen molar-refractivity contribution in [3.8, 4) is 0 Å². The first-order chi connectivity index (χ1) is 9.04. The van der Waals surface area contributed by atoms with Gasteiger partial charge in [-0.15, -0.1) is 0 Å². The third-order valence-corrected chi connectivity index (χ3v) is 3.36. The van der Waals surface area contributed by atoms with E-state index in [9.17, 15) is 9.90 Å². The lowest BCUT2D eigenvalue weighted by Crippen LogP contribution is -2.30. The van der Waals surface area contributed by atoms with Crippen LogP contribution in [0.15, 0.2) is 24.3 Å². The number of benzene rings is 1. The van der Waals surface area contributed by atoms with Crippen molar-refractivity contribution in [2.24, 2.45) is 5.92 Å². The zero-order valence-corrected chi connectivity index (χ0v) is 11.6. The second-order valence-corrected chi connectivity index (χ2v) is 5.48. The van der Waals surface area contributed by atoms with Crippen molar-refractivity contribution in [1.82, 2.24) is 4.90 Å². The second kappa shape index (κ2) is 6.17. The van der Waals surface area contributed by atoms with E-state index in [0.717, 1.165) is 30.6 Å². The van der Waals surface area contributed by atoms with Gasteiger partial charge in [0, 0.05) is 25.7 Å². The summed E-state index contributed by atoms with van der Waals surface area (Å²) in [5.74, 6) is 0.447. The predicted octanol–water partition coefficient (Wildman–Crippen LogP) is 1.85. The fraction of sp³-hybridized carbons (Fsp3) is 0.533. The van der Waals surface area contributed by atoms with Crippen LogP contribution in [0.2, 0.25) is 0 Å². The highest BCUT2D eigenvalue weighted by molar-refractivity contribution is 5.88. The van der Waals surface area contributed by atoms with Crippen LogP contribution >= 0.6 is 0 Å². The molecule has 0 radical (unpaired) electrons. The van der Waals surface area contributed by atoms with Gasteiger partial charge in [-0.25, -0.2) is 0 Å². The Morgan fingerprint density at radius 1 is 1.53 bits per heavy atom. The maximum atomic E-state index is 11.0. The number of likely N-dealkylation sites (N-methyl/N-ethyl adjacent to an activating group) is 1. The van der Waals surface area contributed by atoms with Crippen LogP contribution < -0.4 is 5.32 Å². The Kier molecular flexibility index (Phi) is 4.56. The maximum Gasteiger partial charge on any atom is 0.221 e. The third-order valence-electron chi connectivity index (χ3n) is 3.36. The van der Waals surface area contributed by atoms with Crippen LogP contribution in [0.4, 0.5) is 5.69 Å². The van der Waals surface area contributed by atoms with Crippen molar-refractivity contribution in [3.05, 3.63) is 29.8 Å². The Balaban J connectivity index is 1.88. The topological polar surface area (TPSA) is 52.6 Å². The summed E-state index contributed by atoms with van der Waals surface area (Å²) in [5.41, 5.74) is 1.96. The largest absolute Gasteiger partial charge is 0.392 e. The molecule has 1 aliphatic rings. The molecular formula is C15H22N2O2. The molecule has 1 aliphatic carbocycles. The molecule has 0 aromatic heterocycles. The van der Waals surface area contributed by atoms with Crippen molar-refractivity contribution >= 4 is 11.6 Å². The number of aliphatic hydroxyl groups is 1. The van der Waals surface area contributed by atoms with Gasteiger partial charge in [0.15, 0.2) is 0 Å². The fourth-order valence-electron chi connectivity index (χ4n) is 2.28. The van der Waals surface area contributed by atoms with Crippen LogP contribution in [0.1, 0.15) is 25.3 Å². The molecule has 0 bridgehead atoms. The standard InChI is InChI=1S/C15H22N2O2/c1-11(18)16-14-5-3-4-12(8-14)9-17(2)10-15(19)13-6-7-13/h3-5,8,13,15,19H,6-7,9-10H2,1-2H3,(H,16,18). The van der Waals surface area contributed by atoms with E-state index < -0.39 is 0 Å². The van der Waals surface area contributed by atoms with Crippen molar-refractivity contribution in [3.63, 3.8) is 0 Å². The second-order valence-electron chi connectivity index (χ2n) is 5.48. The summed E-state index contributed by atoms with van der Waals surface area (Å²) >= 11 is 0. The Labute approximate surface area is 114 Å². The monoisotopic (exact) mass is 262 g/mol. The maximum absolute atomic E-state index is 11.0. The zero-order valence-electron chi connectivity index (χ0n) is 11.6. The van der Waals surface area contributed by atoms with E-state index in [4.69, 9.17) is 0 Å². The summed E-state index contributed by atoms with van der Waals surface area (Å²) in [6.45, 7) is 2.98. The molecule has 0 heterocycles. The van der Waals surface area contributed by atoms with E-state index >= 15 is 0 Å². The Hall–Kier alpha value is -1.39. The van der Waals surface area contributed by atoms with Gasteiger partial charge < -0.3 is 10.4 Å². The molecule has 0 spiro atoms. The summed E-state index contributed by atoms with van der Waals surface area (Å²) in [4.78, 5) is 13.1. The number of amides is 1. The van der Waals surface area contributed by atoms with Crippen LogP contribution in [-0.2, 0) is 11.3 Å². The number of rotatable bonds is 6. The normalized spacial score (nSPS) is 16.4. The molecule has 19 heavy (non-hydrogen) atoms. The number of nitrogens with one attached hydrogen (secondary N) is 1. The number of hydrogen-bond acceptors (Lipinski definition) is 3. The molecule has 1 aromatic carbocycles. The molecule has 0 aliphatic heterocycles. The van der Waals surface area contributed by atoms with Crippen LogP contribution in [-0.4, -0.2) is 35.6 Å². The summed E-state index contributed by atoms with van der Waals surface area (Å²) in [5, 5.41) is 12.7. The highest BCUT2D eigenvalue weighted by atomic mass is 16.3. The minimum absolute atomic E-state index is 0.0605. The Bertz CT molecular complexity index is 444. The van der Waals surface area contributed by atoms with Crippen molar-refractivity contribution in [2.45, 2.75) is 32.4 Å². The number of nitrogens with zero attached hydrogens (tertiary/aromatic N) is 1. The van der Waals surface area contributed by atoms with E-state index in [1.54, 1.807) is 0 Å². The molecule has 4 nitrogen and oxygen atoms in total. The van der Waals surface area contributed by atoms with Gasteiger partial charge in [0.1, 0.15) is 0 Å². The molecular weight excluding hydrogens is 240 g/mol. The first-order valence-corrected chi connectivity index (χ1v) is 6.77. The number of carbonyl (C=O) groups excluding carboxylic acids is 1. The summed E-state index contributed by atoms with van der Waals surface area (Å²) in [6.07, 6.45) is 2.11. The average molecular weight is 262 g/mol. The van der Waals surface area contributed by atoms with Crippen LogP contribution in [0, 0.1) is 5.92 Å². The molecule has 1 unspecified atom stereocenters. The Morgan fingerprint density at radius 3 is 2.89 bits per heavy atom. The van der Waals surface area contributed by atoms with Crippen LogP contribution in [0.25, 0.3) is 0 Å². The first kappa shape index (κ1) is 14.0. The van der Waals surface area contributed by atoms with E-state index in [1.807, 2.05) is 31.3 Å². The molecule has 1 aromatic rings. The van der Waals surface area contributed by atoms with Crippen molar-refractivity contribution < 1.29 is 9.90 Å². The third kappa shape index (κ3) is 4.65. The highest BCUT2D eigenvalue weighted by Gasteiger charge is 2.30. The molecule has 2 N–H and O–H groups in total. The number of hydrogen-bond donors (Lipinski definition) is 2. The smallest absolute Gasteiger partial charge is 0.221 e. The molecule has 0 saturated heterocycles. The van der Waals surface area contributed by atoms with E-state index in [-0.39, 0.29) is 12.0 Å². The van der Waals surface area contributed by atoms with Gasteiger partial charge in [0.05, 0.1) is 6.10 Å². The van der Waals surface area contributed by atoms with Gasteiger partial charge in [0.25, 0.3) is 0 Å². The summed E-state index contributed by atoms with van der Waals surface area (Å²) in [7, 11) is 2.01. The average Bonchev–Trinajstić information content (AvgIpc) is 3.11. The number of carbonyl (C=O) groups is 1. The van der Waals surface area contributed by atoms with Gasteiger partial charge in [-0.1, -0.05) is 12.1 Å². The molecule has 104 valence electrons. The lowest BCUT2D eigenvalue weighted by Gasteiger charge is -2.20. The van der Waals surface area contributed by atoms with Crippen molar-refractivity contribution in [2.75, 3.05) is 18.9 Å². The lowest BCUT2D eigenvalue weighted by molar-refractivity contribution is -0.114. The number of aliphatic hydroxyl groups excluding tert-OH is 1. The van der Waals surface area contributed by atoms with Crippen LogP contribution in [0.3, 0.4) is 0 Å². The molecule has 1 atom stereocenters. The fourth-order valence-corrected chi connectivity index (χ4v) is 2.28. The summed E-state index contributed by atoms with van der Waals surface area (Å²) < 4.78 is 0. The van der Waals surface area contributed by atoms with E-state index in [1.165, 1.54) is 6.92 Å². The number of anilines is 1. The highest BCUT2D eigenvalue weighted by Crippen LogP contribution is 2.32. The first-order valence-electron chi connectivity index (χ1n) is 6.77. The predicted molar refractivity (Wildman–Crippen MR) is 75.8 cm³/mol. The molecule has 1 saturated carbocycles. The SMILES string of the molecule is CC(=O)Nc1cccc(CN(C)CC(O)C2CC2)c1. The van der Waals surface area contributed by atoms with Crippen LogP contribution in [0.5, 0.6) is 0 Å². The van der Waals surface area contributed by atoms with Crippen molar-refractivity contribution in [1.29, 1.82) is 0 Å². The lowest BCUT2D eigenvalue weighted by atomic mass is 10.1. The van der Waals surface area contributed by atoms with E-state index in [2.05, 4.69) is 10.2 Å². The minimum atomic E-state index is -0.205. The van der Waals surface area contributed by atoms with Gasteiger partial charge in [-0.05, 0) is 43.5 Å². The quantitative estimate of drug-likeness (QED) is 0.822. The molecule has 2 rings (SSSR count). The van der Waals surface area contributed by atoms with Gasteiger partial charge in [0.2, 0.25) is 5.91 Å². The molecule has 1 amide bonds. The van der Waals surface area contributed by atoms with Gasteiger partial charge in [-0.3, -0.25) is 9.69 Å². The van der Waals surface area contributed by atoms with Gasteiger partial charge in [-0.2, -0.15) is 0 Å². The Morgan fingerprint density at radius 2 is 2.26 bits per heavy atom. The molecule has 1 fully saturated rings. The minimum Gasteiger partial charge on any atom is -0.392 e. The zero-order chi connectivity index (χ0) is 13.8. The summed E-state index contributed by atoms with van der Waals surface area (Å²) in [6, 6.07) is 7.82. The van der Waals surface area contributed by atoms with Gasteiger partial charge >= 0.3 is 0 Å². The molecule has 4 heteroatoms. The van der Waals surface area contributed by atoms with E-state index in [0.29, 0.717) is 12.5 Å².